The highest BCUT2D eigenvalue weighted by Gasteiger charge is 2.50. The van der Waals surface area contributed by atoms with Crippen molar-refractivity contribution in [1.29, 1.82) is 0 Å². The fourth-order valence-electron chi connectivity index (χ4n) is 3.79. The molecule has 2 aliphatic rings. The summed E-state index contributed by atoms with van der Waals surface area (Å²) in [7, 11) is 0. The van der Waals surface area contributed by atoms with Crippen LogP contribution in [0.5, 0.6) is 0 Å². The second kappa shape index (κ2) is 6.74. The van der Waals surface area contributed by atoms with Crippen LogP contribution in [-0.2, 0) is 9.53 Å². The minimum atomic E-state index is -0.482. The van der Waals surface area contributed by atoms with E-state index in [-0.39, 0.29) is 24.5 Å². The van der Waals surface area contributed by atoms with Crippen LogP contribution in [-0.4, -0.2) is 58.0 Å². The number of carbonyl (C=O) groups is 2. The number of hydrogen-bond donors (Lipinski definition) is 0. The number of benzene rings is 1. The summed E-state index contributed by atoms with van der Waals surface area (Å²) < 4.78 is 5.93. The third-order valence-electron chi connectivity index (χ3n) is 5.43. The Bertz CT molecular complexity index is 855. The van der Waals surface area contributed by atoms with Crippen molar-refractivity contribution in [3.8, 4) is 0 Å². The molecule has 7 nitrogen and oxygen atoms in total. The van der Waals surface area contributed by atoms with E-state index in [1.807, 2.05) is 37.3 Å². The maximum absolute atomic E-state index is 12.9. The first-order chi connectivity index (χ1) is 13.0. The van der Waals surface area contributed by atoms with E-state index < -0.39 is 5.60 Å². The highest BCUT2D eigenvalue weighted by Crippen LogP contribution is 2.36. The summed E-state index contributed by atoms with van der Waals surface area (Å²) in [5.74, 6) is 0.416. The molecule has 27 heavy (non-hydrogen) atoms. The van der Waals surface area contributed by atoms with Gasteiger partial charge < -0.3 is 14.5 Å². The largest absolute Gasteiger partial charge is 0.363 e. The molecule has 0 spiro atoms. The molecular weight excluding hydrogens is 344 g/mol. The van der Waals surface area contributed by atoms with E-state index in [2.05, 4.69) is 9.97 Å². The van der Waals surface area contributed by atoms with Gasteiger partial charge in [-0.1, -0.05) is 18.2 Å². The van der Waals surface area contributed by atoms with Crippen molar-refractivity contribution < 1.29 is 14.3 Å². The zero-order valence-electron chi connectivity index (χ0n) is 15.5. The summed E-state index contributed by atoms with van der Waals surface area (Å²) in [6.07, 6.45) is 3.76. The minimum absolute atomic E-state index is 0.0572. The number of likely N-dealkylation sites (tertiary alicyclic amines) is 1. The molecule has 0 radical (unpaired) electrons. The van der Waals surface area contributed by atoms with E-state index in [0.29, 0.717) is 30.9 Å². The van der Waals surface area contributed by atoms with Crippen molar-refractivity contribution in [3.05, 3.63) is 54.1 Å². The maximum atomic E-state index is 12.9. The van der Waals surface area contributed by atoms with Crippen LogP contribution in [0.15, 0.2) is 42.7 Å². The lowest BCUT2D eigenvalue weighted by atomic mass is 9.85. The molecule has 1 aromatic heterocycles. The number of piperidine rings is 1. The number of ether oxygens (including phenoxy) is 1. The fraction of sp³-hybridized carbons (Fsp3) is 0.400. The first-order valence-corrected chi connectivity index (χ1v) is 9.07. The van der Waals surface area contributed by atoms with Gasteiger partial charge in [0.2, 0.25) is 0 Å². The van der Waals surface area contributed by atoms with Gasteiger partial charge in [0.05, 0.1) is 17.2 Å². The number of hydrogen-bond acceptors (Lipinski definition) is 5. The molecule has 140 valence electrons. The molecule has 2 atom stereocenters. The van der Waals surface area contributed by atoms with Gasteiger partial charge in [0.15, 0.2) is 0 Å². The van der Waals surface area contributed by atoms with Crippen molar-refractivity contribution in [2.75, 3.05) is 24.6 Å². The van der Waals surface area contributed by atoms with Gasteiger partial charge in [-0.2, -0.15) is 0 Å². The number of rotatable bonds is 2. The molecule has 0 saturated carbocycles. The Kier molecular flexibility index (Phi) is 4.39. The Balaban J connectivity index is 1.63. The van der Waals surface area contributed by atoms with Crippen LogP contribution in [0, 0.1) is 6.92 Å². The van der Waals surface area contributed by atoms with Gasteiger partial charge in [0.25, 0.3) is 11.8 Å². The standard InChI is InChI=1S/C20H22N4O3/c1-14-21-10-15(11-22-14)19(26)23-9-8-20(2)17(12-23)24(18(25)13-27-20)16-6-4-3-5-7-16/h3-7,10-11,17H,8-9,12-13H2,1-2H3/t17-,20-/m1/s1. The summed E-state index contributed by atoms with van der Waals surface area (Å²) in [4.78, 5) is 37.4. The third kappa shape index (κ3) is 3.19. The molecule has 2 aromatic rings. The van der Waals surface area contributed by atoms with E-state index in [9.17, 15) is 9.59 Å². The first-order valence-electron chi connectivity index (χ1n) is 9.07. The number of para-hydroxylation sites is 1. The second-order valence-electron chi connectivity index (χ2n) is 7.24. The average molecular weight is 366 g/mol. The molecule has 0 N–H and O–H groups in total. The second-order valence-corrected chi connectivity index (χ2v) is 7.24. The smallest absolute Gasteiger partial charge is 0.257 e. The minimum Gasteiger partial charge on any atom is -0.363 e. The molecule has 0 bridgehead atoms. The number of nitrogens with zero attached hydrogens (tertiary/aromatic N) is 4. The monoisotopic (exact) mass is 366 g/mol. The summed E-state index contributed by atoms with van der Waals surface area (Å²) in [6.45, 7) is 4.84. The van der Waals surface area contributed by atoms with Crippen molar-refractivity contribution in [2.24, 2.45) is 0 Å². The molecule has 2 fully saturated rings. The van der Waals surface area contributed by atoms with Crippen LogP contribution >= 0.6 is 0 Å². The van der Waals surface area contributed by atoms with Gasteiger partial charge in [-0.3, -0.25) is 9.59 Å². The Morgan fingerprint density at radius 2 is 1.93 bits per heavy atom. The summed E-state index contributed by atoms with van der Waals surface area (Å²) in [5, 5.41) is 0. The average Bonchev–Trinajstić information content (AvgIpc) is 2.69. The maximum Gasteiger partial charge on any atom is 0.257 e. The Hall–Kier alpha value is -2.80. The number of amides is 2. The molecule has 2 saturated heterocycles. The molecule has 0 unspecified atom stereocenters. The molecule has 0 aliphatic carbocycles. The van der Waals surface area contributed by atoms with E-state index in [1.54, 1.807) is 29.1 Å². The van der Waals surface area contributed by atoms with Crippen molar-refractivity contribution in [1.82, 2.24) is 14.9 Å². The Morgan fingerprint density at radius 1 is 1.22 bits per heavy atom. The number of aromatic nitrogens is 2. The fourth-order valence-corrected chi connectivity index (χ4v) is 3.79. The molecular formula is C20H22N4O3. The van der Waals surface area contributed by atoms with Crippen LogP contribution in [0.25, 0.3) is 0 Å². The van der Waals surface area contributed by atoms with Gasteiger partial charge in [-0.25, -0.2) is 9.97 Å². The molecule has 1 aromatic carbocycles. The van der Waals surface area contributed by atoms with Crippen LogP contribution in [0.1, 0.15) is 29.5 Å². The van der Waals surface area contributed by atoms with Crippen LogP contribution in [0.3, 0.4) is 0 Å². The highest BCUT2D eigenvalue weighted by molar-refractivity contribution is 5.97. The quantitative estimate of drug-likeness (QED) is 0.810. The SMILES string of the molecule is Cc1ncc(C(=O)N2CC[C@@]3(C)OCC(=O)N(c4ccccc4)[C@@H]3C2)cn1. The summed E-state index contributed by atoms with van der Waals surface area (Å²) in [5.41, 5.74) is 0.804. The molecule has 4 rings (SSSR count). The van der Waals surface area contributed by atoms with E-state index in [0.717, 1.165) is 5.69 Å². The highest BCUT2D eigenvalue weighted by atomic mass is 16.5. The molecule has 7 heteroatoms. The van der Waals surface area contributed by atoms with Gasteiger partial charge >= 0.3 is 0 Å². The Morgan fingerprint density at radius 3 is 2.63 bits per heavy atom. The van der Waals surface area contributed by atoms with Gasteiger partial charge in [0.1, 0.15) is 12.4 Å². The number of morpholine rings is 1. The lowest BCUT2D eigenvalue weighted by Gasteiger charge is -2.52. The Labute approximate surface area is 158 Å². The van der Waals surface area contributed by atoms with E-state index >= 15 is 0 Å². The zero-order valence-corrected chi connectivity index (χ0v) is 15.5. The normalized spacial score (nSPS) is 25.3. The third-order valence-corrected chi connectivity index (χ3v) is 5.43. The van der Waals surface area contributed by atoms with E-state index in [4.69, 9.17) is 4.74 Å². The molecule has 2 amide bonds. The van der Waals surface area contributed by atoms with Crippen LogP contribution < -0.4 is 4.90 Å². The van der Waals surface area contributed by atoms with Crippen LogP contribution in [0.2, 0.25) is 0 Å². The summed E-state index contributed by atoms with van der Waals surface area (Å²) >= 11 is 0. The predicted molar refractivity (Wildman–Crippen MR) is 99.4 cm³/mol. The first kappa shape index (κ1) is 17.6. The van der Waals surface area contributed by atoms with Gasteiger partial charge in [-0.15, -0.1) is 0 Å². The van der Waals surface area contributed by atoms with Crippen molar-refractivity contribution in [2.45, 2.75) is 31.9 Å². The van der Waals surface area contributed by atoms with Gasteiger partial charge in [0, 0.05) is 31.2 Å². The lowest BCUT2D eigenvalue weighted by Crippen LogP contribution is -2.68. The number of anilines is 1. The van der Waals surface area contributed by atoms with Crippen molar-refractivity contribution in [3.63, 3.8) is 0 Å². The molecule has 2 aliphatic heterocycles. The van der Waals surface area contributed by atoms with Gasteiger partial charge in [-0.05, 0) is 32.4 Å². The number of fused-ring (bicyclic) bond motifs is 1. The lowest BCUT2D eigenvalue weighted by molar-refractivity contribution is -0.149. The predicted octanol–water partition coefficient (Wildman–Crippen LogP) is 1.82. The topological polar surface area (TPSA) is 75.6 Å². The van der Waals surface area contributed by atoms with E-state index in [1.165, 1.54) is 0 Å². The van der Waals surface area contributed by atoms with Crippen molar-refractivity contribution >= 4 is 17.5 Å². The van der Waals surface area contributed by atoms with Crippen LogP contribution in [0.4, 0.5) is 5.69 Å². The summed E-state index contributed by atoms with van der Waals surface area (Å²) in [6, 6.07) is 9.32. The molecule has 3 heterocycles. The number of aryl methyl sites for hydroxylation is 1. The number of carbonyl (C=O) groups excluding carboxylic acids is 2. The zero-order chi connectivity index (χ0) is 19.0.